The monoisotopic (exact) mass is 157 g/mol. The molecule has 0 unspecified atom stereocenters. The molecule has 0 N–H and O–H groups in total. The fourth-order valence-corrected chi connectivity index (χ4v) is 1.67. The minimum absolute atomic E-state index is 0.531. The molecule has 11 heavy (non-hydrogen) atoms. The smallest absolute Gasteiger partial charge is 0.0572 e. The van der Waals surface area contributed by atoms with Gasteiger partial charge in [-0.2, -0.15) is 0 Å². The van der Waals surface area contributed by atoms with Crippen LogP contribution in [0.3, 0.4) is 0 Å². The molecule has 1 fully saturated rings. The Kier molecular flexibility index (Phi) is 3.87. The second kappa shape index (κ2) is 4.73. The van der Waals surface area contributed by atoms with Crippen molar-refractivity contribution < 1.29 is 4.74 Å². The van der Waals surface area contributed by atoms with E-state index < -0.39 is 0 Å². The summed E-state index contributed by atoms with van der Waals surface area (Å²) in [7, 11) is 4.03. The molecule has 0 saturated carbocycles. The number of likely N-dealkylation sites (tertiary alicyclic amines) is 1. The maximum absolute atomic E-state index is 5.34. The summed E-state index contributed by atoms with van der Waals surface area (Å²) in [4.78, 5) is 2.41. The Morgan fingerprint density at radius 3 is 2.18 bits per heavy atom. The van der Waals surface area contributed by atoms with Crippen molar-refractivity contribution in [3.8, 4) is 0 Å². The van der Waals surface area contributed by atoms with Gasteiger partial charge in [0.15, 0.2) is 0 Å². The van der Waals surface area contributed by atoms with E-state index in [-0.39, 0.29) is 0 Å². The van der Waals surface area contributed by atoms with Crippen molar-refractivity contribution in [1.29, 1.82) is 0 Å². The van der Waals surface area contributed by atoms with Crippen molar-refractivity contribution in [2.24, 2.45) is 0 Å². The molecule has 1 saturated heterocycles. The molecule has 2 heteroatoms. The summed E-state index contributed by atoms with van der Waals surface area (Å²) >= 11 is 0. The van der Waals surface area contributed by atoms with Gasteiger partial charge in [0, 0.05) is 7.11 Å². The molecule has 0 bridgehead atoms. The van der Waals surface area contributed by atoms with Crippen molar-refractivity contribution in [2.45, 2.75) is 31.8 Å². The zero-order valence-electron chi connectivity index (χ0n) is 7.68. The molecular formula is C9H19NO. The van der Waals surface area contributed by atoms with E-state index in [1.54, 1.807) is 0 Å². The average Bonchev–Trinajstić information content (AvgIpc) is 1.96. The molecule has 1 heterocycles. The van der Waals surface area contributed by atoms with Crippen LogP contribution in [0.4, 0.5) is 0 Å². The Hall–Kier alpha value is -0.0800. The predicted molar refractivity (Wildman–Crippen MR) is 46.8 cm³/mol. The zero-order valence-corrected chi connectivity index (χ0v) is 7.68. The standard InChI is InChI=1S/C9H19NO/c1-10-7-3-5-9(11-2)6-4-8-10/h9H,3-8H2,1-2H3. The normalized spacial score (nSPS) is 24.5. The first-order valence-electron chi connectivity index (χ1n) is 4.54. The molecule has 0 aromatic rings. The molecule has 0 aliphatic carbocycles. The molecule has 66 valence electrons. The molecule has 1 aliphatic rings. The van der Waals surface area contributed by atoms with Crippen LogP contribution in [0.15, 0.2) is 0 Å². The molecule has 0 spiro atoms. The van der Waals surface area contributed by atoms with Crippen molar-refractivity contribution in [3.63, 3.8) is 0 Å². The average molecular weight is 157 g/mol. The SMILES string of the molecule is COC1CCCN(C)CCC1. The number of ether oxygens (including phenoxy) is 1. The topological polar surface area (TPSA) is 12.5 Å². The van der Waals surface area contributed by atoms with Crippen molar-refractivity contribution in [1.82, 2.24) is 4.90 Å². The van der Waals surface area contributed by atoms with E-state index in [0.717, 1.165) is 0 Å². The van der Waals surface area contributed by atoms with Gasteiger partial charge in [-0.05, 0) is 45.8 Å². The first-order valence-corrected chi connectivity index (χ1v) is 4.54. The second-order valence-electron chi connectivity index (χ2n) is 3.45. The highest BCUT2D eigenvalue weighted by molar-refractivity contribution is 4.65. The summed E-state index contributed by atoms with van der Waals surface area (Å²) in [6.45, 7) is 2.47. The number of methoxy groups -OCH3 is 1. The van der Waals surface area contributed by atoms with Gasteiger partial charge >= 0.3 is 0 Å². The van der Waals surface area contributed by atoms with Gasteiger partial charge in [0.25, 0.3) is 0 Å². The predicted octanol–water partition coefficient (Wildman–Crippen LogP) is 1.51. The van der Waals surface area contributed by atoms with E-state index in [0.29, 0.717) is 6.10 Å². The van der Waals surface area contributed by atoms with E-state index in [1.807, 2.05) is 7.11 Å². The third-order valence-corrected chi connectivity index (χ3v) is 2.47. The largest absolute Gasteiger partial charge is 0.381 e. The summed E-state index contributed by atoms with van der Waals surface area (Å²) in [5.41, 5.74) is 0. The molecule has 0 aromatic heterocycles. The minimum Gasteiger partial charge on any atom is -0.381 e. The lowest BCUT2D eigenvalue weighted by molar-refractivity contribution is 0.0720. The molecule has 1 aliphatic heterocycles. The fraction of sp³-hybridized carbons (Fsp3) is 1.00. The summed E-state index contributed by atoms with van der Waals surface area (Å²) in [6.07, 6.45) is 5.58. The van der Waals surface area contributed by atoms with Gasteiger partial charge in [-0.25, -0.2) is 0 Å². The van der Waals surface area contributed by atoms with Crippen LogP contribution < -0.4 is 0 Å². The lowest BCUT2D eigenvalue weighted by atomic mass is 10.1. The maximum Gasteiger partial charge on any atom is 0.0572 e. The van der Waals surface area contributed by atoms with Gasteiger partial charge in [-0.1, -0.05) is 0 Å². The summed E-state index contributed by atoms with van der Waals surface area (Å²) < 4.78 is 5.34. The van der Waals surface area contributed by atoms with Crippen LogP contribution in [0.2, 0.25) is 0 Å². The summed E-state index contributed by atoms with van der Waals surface area (Å²) in [5, 5.41) is 0. The lowest BCUT2D eigenvalue weighted by Gasteiger charge is -2.23. The number of hydrogen-bond donors (Lipinski definition) is 0. The van der Waals surface area contributed by atoms with E-state index in [4.69, 9.17) is 4.74 Å². The van der Waals surface area contributed by atoms with Crippen LogP contribution in [-0.4, -0.2) is 38.3 Å². The van der Waals surface area contributed by atoms with Gasteiger partial charge in [0.05, 0.1) is 6.10 Å². The summed E-state index contributed by atoms with van der Waals surface area (Å²) in [5.74, 6) is 0. The highest BCUT2D eigenvalue weighted by atomic mass is 16.5. The highest BCUT2D eigenvalue weighted by Crippen LogP contribution is 2.12. The molecular weight excluding hydrogens is 138 g/mol. The number of rotatable bonds is 1. The minimum atomic E-state index is 0.531. The Morgan fingerprint density at radius 2 is 1.73 bits per heavy atom. The van der Waals surface area contributed by atoms with Gasteiger partial charge < -0.3 is 9.64 Å². The second-order valence-corrected chi connectivity index (χ2v) is 3.45. The lowest BCUT2D eigenvalue weighted by Crippen LogP contribution is -2.26. The van der Waals surface area contributed by atoms with Gasteiger partial charge in [-0.3, -0.25) is 0 Å². The van der Waals surface area contributed by atoms with Gasteiger partial charge in [-0.15, -0.1) is 0 Å². The van der Waals surface area contributed by atoms with Gasteiger partial charge in [0.2, 0.25) is 0 Å². The van der Waals surface area contributed by atoms with Gasteiger partial charge in [0.1, 0.15) is 0 Å². The van der Waals surface area contributed by atoms with E-state index >= 15 is 0 Å². The number of hydrogen-bond acceptors (Lipinski definition) is 2. The van der Waals surface area contributed by atoms with E-state index in [9.17, 15) is 0 Å². The fourth-order valence-electron chi connectivity index (χ4n) is 1.67. The van der Waals surface area contributed by atoms with Crippen LogP contribution in [0.25, 0.3) is 0 Å². The van der Waals surface area contributed by atoms with Crippen LogP contribution in [0.5, 0.6) is 0 Å². The van der Waals surface area contributed by atoms with Crippen molar-refractivity contribution in [2.75, 3.05) is 27.2 Å². The number of nitrogens with zero attached hydrogens (tertiary/aromatic N) is 1. The maximum atomic E-state index is 5.34. The first kappa shape index (κ1) is 9.01. The quantitative estimate of drug-likeness (QED) is 0.572. The molecule has 2 nitrogen and oxygen atoms in total. The summed E-state index contributed by atoms with van der Waals surface area (Å²) in [6, 6.07) is 0. The zero-order chi connectivity index (χ0) is 8.10. The van der Waals surface area contributed by atoms with Crippen LogP contribution >= 0.6 is 0 Å². The molecule has 0 aromatic carbocycles. The molecule has 1 rings (SSSR count). The Labute approximate surface area is 69.5 Å². The van der Waals surface area contributed by atoms with Crippen LogP contribution in [0, 0.1) is 0 Å². The van der Waals surface area contributed by atoms with Crippen molar-refractivity contribution >= 4 is 0 Å². The molecule has 0 radical (unpaired) electrons. The molecule has 0 amide bonds. The van der Waals surface area contributed by atoms with E-state index in [2.05, 4.69) is 11.9 Å². The third-order valence-electron chi connectivity index (χ3n) is 2.47. The highest BCUT2D eigenvalue weighted by Gasteiger charge is 2.11. The molecule has 0 atom stereocenters. The van der Waals surface area contributed by atoms with Crippen molar-refractivity contribution in [3.05, 3.63) is 0 Å². The Morgan fingerprint density at radius 1 is 1.18 bits per heavy atom. The Balaban J connectivity index is 2.22. The third kappa shape index (κ3) is 3.21. The Bertz CT molecular complexity index is 95.7. The van der Waals surface area contributed by atoms with E-state index in [1.165, 1.54) is 38.8 Å². The van der Waals surface area contributed by atoms with Crippen LogP contribution in [0.1, 0.15) is 25.7 Å². The first-order chi connectivity index (χ1) is 5.33. The van der Waals surface area contributed by atoms with Crippen LogP contribution in [-0.2, 0) is 4.74 Å².